The summed E-state index contributed by atoms with van der Waals surface area (Å²) in [5.74, 6) is -2.12. The third-order valence-electron chi connectivity index (χ3n) is 9.82. The minimum Gasteiger partial charge on any atom is -0.484 e. The highest BCUT2D eigenvalue weighted by Crippen LogP contribution is 2.68. The molecule has 240 valence electrons. The largest absolute Gasteiger partial charge is 0.484 e. The lowest BCUT2D eigenvalue weighted by Gasteiger charge is -2.43. The molecule has 3 heterocycles. The minimum absolute atomic E-state index is 0.00222. The molecule has 1 aromatic heterocycles. The van der Waals surface area contributed by atoms with Crippen LogP contribution < -0.4 is 14.9 Å². The molecule has 0 spiro atoms. The van der Waals surface area contributed by atoms with Crippen molar-refractivity contribution in [1.82, 2.24) is 9.88 Å². The molecule has 13 heteroatoms. The number of fused-ring (bicyclic) bond motifs is 9. The number of aliphatic carboxylic acids is 1. The summed E-state index contributed by atoms with van der Waals surface area (Å²) in [6.45, 7) is 0.0871. The molecule has 2 saturated carbocycles. The number of imide groups is 1. The van der Waals surface area contributed by atoms with Crippen LogP contribution in [-0.4, -0.2) is 57.1 Å². The van der Waals surface area contributed by atoms with Gasteiger partial charge >= 0.3 is 10.8 Å². The summed E-state index contributed by atoms with van der Waals surface area (Å²) >= 11 is 2.82. The molecule has 2 aliphatic carbocycles. The molecule has 10 nitrogen and oxygen atoms in total. The number of carboxylic acids is 1. The number of ether oxygens (including phenoxy) is 1. The Labute approximate surface area is 271 Å². The van der Waals surface area contributed by atoms with Gasteiger partial charge in [0.1, 0.15) is 11.6 Å². The fraction of sp³-hybridized carbons (Fsp3) is 0.424. The van der Waals surface area contributed by atoms with Gasteiger partial charge in [0.2, 0.25) is 11.8 Å². The van der Waals surface area contributed by atoms with E-state index in [-0.39, 0.29) is 76.4 Å². The average Bonchev–Trinajstić information content (AvgIpc) is 3.77. The van der Waals surface area contributed by atoms with Crippen LogP contribution in [0.4, 0.5) is 10.1 Å². The summed E-state index contributed by atoms with van der Waals surface area (Å²) in [6.07, 6.45) is 2.61. The number of carbonyl (C=O) groups excluding carboxylic acids is 3. The van der Waals surface area contributed by atoms with E-state index in [1.807, 2.05) is 12.1 Å². The molecule has 2 bridgehead atoms. The van der Waals surface area contributed by atoms with Gasteiger partial charge in [-0.25, -0.2) is 4.39 Å². The van der Waals surface area contributed by atoms with E-state index in [9.17, 15) is 28.4 Å². The number of hydrogen-bond acceptors (Lipinski definition) is 8. The Morgan fingerprint density at radius 3 is 2.41 bits per heavy atom. The number of likely N-dealkylation sites (tertiary alicyclic amines) is 1. The lowest BCUT2D eigenvalue weighted by molar-refractivity contribution is -0.141. The van der Waals surface area contributed by atoms with Crippen LogP contribution in [0.2, 0.25) is 0 Å². The van der Waals surface area contributed by atoms with Crippen LogP contribution in [0.25, 0.3) is 0 Å². The Morgan fingerprint density at radius 1 is 0.978 bits per heavy atom. The number of rotatable bonds is 11. The number of nitrogens with one attached hydrogen (secondary N) is 2. The number of carboxylic acid groups (broad SMARTS) is 1. The second-order valence-corrected chi connectivity index (χ2v) is 14.6. The highest BCUT2D eigenvalue weighted by molar-refractivity contribution is 8.00. The molecule has 3 aromatic rings. The van der Waals surface area contributed by atoms with Crippen LogP contribution in [0.3, 0.4) is 0 Å². The van der Waals surface area contributed by atoms with Crippen molar-refractivity contribution in [3.63, 3.8) is 0 Å². The minimum atomic E-state index is -0.850. The van der Waals surface area contributed by atoms with Gasteiger partial charge in [0.25, 0.3) is 5.91 Å². The van der Waals surface area contributed by atoms with E-state index < -0.39 is 11.8 Å². The molecule has 3 N–H and O–H groups in total. The van der Waals surface area contributed by atoms with Crippen molar-refractivity contribution in [3.8, 4) is 5.75 Å². The fourth-order valence-electron chi connectivity index (χ4n) is 8.05. The number of hydrogen-bond donors (Lipinski definition) is 3. The van der Waals surface area contributed by atoms with E-state index >= 15 is 0 Å². The van der Waals surface area contributed by atoms with E-state index in [0.29, 0.717) is 37.2 Å². The molecule has 0 radical (unpaired) electrons. The highest BCUT2D eigenvalue weighted by atomic mass is 32.2. The summed E-state index contributed by atoms with van der Waals surface area (Å²) in [5.41, 5.74) is 1.44. The quantitative estimate of drug-likeness (QED) is 0.197. The molecule has 3 fully saturated rings. The Hall–Kier alpha value is -3.97. The van der Waals surface area contributed by atoms with Gasteiger partial charge in [-0.2, -0.15) is 0 Å². The zero-order valence-electron chi connectivity index (χ0n) is 24.6. The third-order valence-corrected chi connectivity index (χ3v) is 12.4. The van der Waals surface area contributed by atoms with Gasteiger partial charge in [0.05, 0.1) is 16.9 Å². The topological polar surface area (TPSA) is 146 Å². The number of anilines is 1. The number of thioether (sulfide) groups is 1. The van der Waals surface area contributed by atoms with E-state index in [1.54, 1.807) is 23.9 Å². The van der Waals surface area contributed by atoms with Crippen LogP contribution in [-0.2, 0) is 19.2 Å². The number of unbranched alkanes of at least 4 members (excludes halogenated alkanes) is 2. The fourth-order valence-corrected chi connectivity index (χ4v) is 10.9. The average molecular weight is 666 g/mol. The number of nitrogens with zero attached hydrogens (tertiary/aromatic N) is 1. The van der Waals surface area contributed by atoms with Crippen molar-refractivity contribution in [3.05, 3.63) is 74.5 Å². The molecule has 3 amide bonds. The summed E-state index contributed by atoms with van der Waals surface area (Å²) in [4.78, 5) is 68.3. The second kappa shape index (κ2) is 12.3. The van der Waals surface area contributed by atoms with E-state index in [2.05, 4.69) is 10.3 Å². The Morgan fingerprint density at radius 2 is 1.70 bits per heavy atom. The third kappa shape index (κ3) is 5.53. The first-order valence-electron chi connectivity index (χ1n) is 15.4. The molecule has 6 unspecified atom stereocenters. The van der Waals surface area contributed by atoms with Gasteiger partial charge < -0.3 is 20.1 Å². The lowest BCUT2D eigenvalue weighted by atomic mass is 9.68. The highest BCUT2D eigenvalue weighted by Gasteiger charge is 2.69. The molecular weight excluding hydrogens is 634 g/mol. The van der Waals surface area contributed by atoms with Crippen LogP contribution in [0.1, 0.15) is 48.5 Å². The number of amides is 3. The van der Waals surface area contributed by atoms with Gasteiger partial charge in [-0.1, -0.05) is 29.9 Å². The summed E-state index contributed by atoms with van der Waals surface area (Å²) in [7, 11) is 0. The summed E-state index contributed by atoms with van der Waals surface area (Å²) < 4.78 is 18.9. The Kier molecular flexibility index (Phi) is 8.22. The van der Waals surface area contributed by atoms with Crippen molar-refractivity contribution in [1.29, 1.82) is 0 Å². The SMILES string of the molecule is O=C(O)CCCCCN1C(=O)C2C3CC(C2C1=O)C1C3Sc2[nH]c(=O)sc2[C@@H]1c1ccc(OCC(=O)Nc2ccc(F)cc2)cc1. The molecule has 1 saturated heterocycles. The second-order valence-electron chi connectivity index (χ2n) is 12.4. The Bertz CT molecular complexity index is 1740. The molecular formula is C33H32FN3O7S2. The molecule has 46 heavy (non-hydrogen) atoms. The first kappa shape index (κ1) is 30.7. The van der Waals surface area contributed by atoms with Gasteiger partial charge in [0, 0.05) is 34.7 Å². The van der Waals surface area contributed by atoms with Crippen molar-refractivity contribution in [2.75, 3.05) is 18.5 Å². The van der Waals surface area contributed by atoms with Crippen molar-refractivity contribution < 1.29 is 33.4 Å². The predicted octanol–water partition coefficient (Wildman–Crippen LogP) is 4.71. The Balaban J connectivity index is 1.07. The standard InChI is InChI=1S/C33H32FN3O7S2/c34-17-7-9-18(10-8-17)35-22(38)15-44-19-11-5-16(6-12-19)24-25-20-14-21(28(25)45-30-29(24)46-33(43)36-30)27-26(20)31(41)37(32(27)42)13-3-1-2-4-23(39)40/h5-12,20-21,24-28H,1-4,13-15H2,(H,35,38)(H,36,43)(H,39,40)/t20?,21?,24-,25?,26?,27?,28?/m1/s1. The molecule has 7 atom stereocenters. The first-order valence-corrected chi connectivity index (χ1v) is 17.1. The van der Waals surface area contributed by atoms with Gasteiger partial charge in [-0.05, 0) is 79.0 Å². The number of aromatic amines is 1. The van der Waals surface area contributed by atoms with Crippen LogP contribution in [0.5, 0.6) is 5.75 Å². The van der Waals surface area contributed by atoms with Gasteiger partial charge in [0.15, 0.2) is 6.61 Å². The van der Waals surface area contributed by atoms with Crippen molar-refractivity contribution in [2.45, 2.75) is 48.3 Å². The monoisotopic (exact) mass is 665 g/mol. The molecule has 2 aliphatic heterocycles. The van der Waals surface area contributed by atoms with E-state index in [4.69, 9.17) is 9.84 Å². The first-order chi connectivity index (χ1) is 22.2. The maximum Gasteiger partial charge on any atom is 0.305 e. The number of benzene rings is 2. The molecule has 7 rings (SSSR count). The van der Waals surface area contributed by atoms with Crippen LogP contribution in [0, 0.1) is 35.4 Å². The number of carbonyl (C=O) groups is 4. The maximum absolute atomic E-state index is 13.7. The summed E-state index contributed by atoms with van der Waals surface area (Å²) in [5, 5.41) is 12.5. The van der Waals surface area contributed by atoms with E-state index in [0.717, 1.165) is 21.9 Å². The number of halogens is 1. The maximum atomic E-state index is 13.7. The van der Waals surface area contributed by atoms with Crippen LogP contribution >= 0.6 is 23.1 Å². The van der Waals surface area contributed by atoms with Gasteiger partial charge in [-0.3, -0.25) is 28.9 Å². The van der Waals surface area contributed by atoms with Crippen LogP contribution in [0.15, 0.2) is 58.4 Å². The molecule has 4 aliphatic rings. The number of H-pyrrole nitrogens is 1. The zero-order valence-corrected chi connectivity index (χ0v) is 26.3. The summed E-state index contributed by atoms with van der Waals surface area (Å²) in [6, 6.07) is 12.9. The lowest BCUT2D eigenvalue weighted by Crippen LogP contribution is -2.42. The zero-order chi connectivity index (χ0) is 32.1. The number of aromatic nitrogens is 1. The number of thiazole rings is 1. The van der Waals surface area contributed by atoms with E-state index in [1.165, 1.54) is 40.5 Å². The van der Waals surface area contributed by atoms with Crippen molar-refractivity contribution in [2.24, 2.45) is 29.6 Å². The normalized spacial score (nSPS) is 27.3. The van der Waals surface area contributed by atoms with Gasteiger partial charge in [-0.15, -0.1) is 11.8 Å². The molecule has 2 aromatic carbocycles. The van der Waals surface area contributed by atoms with Crippen molar-refractivity contribution >= 4 is 52.5 Å². The predicted molar refractivity (Wildman–Crippen MR) is 168 cm³/mol. The smallest absolute Gasteiger partial charge is 0.305 e.